The molecule has 1 amide bonds. The van der Waals surface area contributed by atoms with Crippen molar-refractivity contribution in [3.63, 3.8) is 0 Å². The van der Waals surface area contributed by atoms with Gasteiger partial charge in [-0.15, -0.1) is 11.3 Å². The molecule has 0 saturated carbocycles. The summed E-state index contributed by atoms with van der Waals surface area (Å²) in [6.07, 6.45) is 3.93. The highest BCUT2D eigenvalue weighted by Crippen LogP contribution is 2.22. The molecule has 25 heavy (non-hydrogen) atoms. The molecule has 0 radical (unpaired) electrons. The molecule has 0 spiro atoms. The number of nitrogens with zero attached hydrogens (tertiary/aromatic N) is 2. The summed E-state index contributed by atoms with van der Waals surface area (Å²) in [5.74, 6) is -0.314. The van der Waals surface area contributed by atoms with Crippen LogP contribution in [0.5, 0.6) is 0 Å². The number of aromatic amines is 1. The van der Waals surface area contributed by atoms with E-state index in [4.69, 9.17) is 10.00 Å². The van der Waals surface area contributed by atoms with Gasteiger partial charge in [0.05, 0.1) is 24.8 Å². The molecule has 1 fully saturated rings. The molecule has 0 aromatic carbocycles. The Morgan fingerprint density at radius 1 is 1.36 bits per heavy atom. The molecule has 1 aliphatic rings. The standard InChI is InChI=1S/C17H16N4O3S/c18-10-12-5-9-25-16(12)20-14(22)11-24-17(23)13-4-3-6-19-15(13)21-7-1-2-8-21/h3-6,9H,1-2,7-8,11H2,(H,20,22)/p+1. The lowest BCUT2D eigenvalue weighted by Gasteiger charge is -2.12. The van der Waals surface area contributed by atoms with Crippen LogP contribution in [-0.4, -0.2) is 31.6 Å². The Hall–Kier alpha value is -2.92. The summed E-state index contributed by atoms with van der Waals surface area (Å²) in [5, 5.41) is 13.7. The minimum absolute atomic E-state index is 0.388. The molecule has 2 aromatic rings. The third-order valence-electron chi connectivity index (χ3n) is 3.85. The van der Waals surface area contributed by atoms with E-state index < -0.39 is 18.5 Å². The van der Waals surface area contributed by atoms with Crippen LogP contribution in [0.1, 0.15) is 28.8 Å². The molecule has 0 unspecified atom stereocenters. The number of hydrogen-bond donors (Lipinski definition) is 1. The van der Waals surface area contributed by atoms with Gasteiger partial charge in [-0.1, -0.05) is 0 Å². The highest BCUT2D eigenvalue weighted by Gasteiger charge is 2.27. The summed E-state index contributed by atoms with van der Waals surface area (Å²) in [6.45, 7) is 1.36. The third-order valence-corrected chi connectivity index (χ3v) is 4.68. The van der Waals surface area contributed by atoms with Crippen molar-refractivity contribution in [1.29, 1.82) is 5.26 Å². The fraction of sp³-hybridized carbons (Fsp3) is 0.294. The number of nitrogens with one attached hydrogen (secondary N) is 2. The SMILES string of the molecule is N#Cc1ccsc1NC(=O)COC(=O)c1ccc[nH+]c1N1CCCC1. The second-order valence-corrected chi connectivity index (χ2v) is 6.44. The number of esters is 1. The Balaban J connectivity index is 1.61. The number of rotatable bonds is 5. The largest absolute Gasteiger partial charge is 0.452 e. The van der Waals surface area contributed by atoms with E-state index in [1.165, 1.54) is 11.3 Å². The summed E-state index contributed by atoms with van der Waals surface area (Å²) in [7, 11) is 0. The van der Waals surface area contributed by atoms with E-state index >= 15 is 0 Å². The second-order valence-electron chi connectivity index (χ2n) is 5.53. The smallest absolute Gasteiger partial charge is 0.347 e. The molecular formula is C17H17N4O3S+. The maximum absolute atomic E-state index is 12.4. The van der Waals surface area contributed by atoms with Gasteiger partial charge in [0.15, 0.2) is 6.61 Å². The van der Waals surface area contributed by atoms with Gasteiger partial charge in [0, 0.05) is 0 Å². The van der Waals surface area contributed by atoms with Gasteiger partial charge < -0.3 is 10.1 Å². The zero-order chi connectivity index (χ0) is 17.6. The molecule has 8 heteroatoms. The first-order chi connectivity index (χ1) is 12.2. The van der Waals surface area contributed by atoms with E-state index in [-0.39, 0.29) is 0 Å². The zero-order valence-electron chi connectivity index (χ0n) is 13.4. The van der Waals surface area contributed by atoms with E-state index in [0.717, 1.165) is 31.7 Å². The van der Waals surface area contributed by atoms with Gasteiger partial charge in [-0.2, -0.15) is 5.26 Å². The van der Waals surface area contributed by atoms with E-state index in [2.05, 4.69) is 15.2 Å². The van der Waals surface area contributed by atoms with Crippen LogP contribution in [-0.2, 0) is 9.53 Å². The van der Waals surface area contributed by atoms with Crippen molar-refractivity contribution in [2.75, 3.05) is 29.9 Å². The number of aromatic nitrogens is 1. The van der Waals surface area contributed by atoms with Gasteiger partial charge >= 0.3 is 5.97 Å². The predicted octanol–water partition coefficient (Wildman–Crippen LogP) is 1.83. The molecule has 3 heterocycles. The van der Waals surface area contributed by atoms with Gasteiger partial charge in [0.25, 0.3) is 11.7 Å². The number of amides is 1. The molecule has 0 aliphatic carbocycles. The maximum atomic E-state index is 12.4. The van der Waals surface area contributed by atoms with E-state index in [1.807, 2.05) is 6.07 Å². The Labute approximate surface area is 148 Å². The number of H-pyrrole nitrogens is 1. The minimum atomic E-state index is -0.555. The predicted molar refractivity (Wildman–Crippen MR) is 92.4 cm³/mol. The molecule has 7 nitrogen and oxygen atoms in total. The third kappa shape index (κ3) is 3.95. The number of nitriles is 1. The van der Waals surface area contributed by atoms with Crippen molar-refractivity contribution in [2.24, 2.45) is 0 Å². The Morgan fingerprint density at radius 2 is 2.16 bits per heavy atom. The normalized spacial score (nSPS) is 13.3. The quantitative estimate of drug-likeness (QED) is 0.824. The summed E-state index contributed by atoms with van der Waals surface area (Å²) in [4.78, 5) is 29.5. The van der Waals surface area contributed by atoms with E-state index in [9.17, 15) is 9.59 Å². The fourth-order valence-corrected chi connectivity index (χ4v) is 3.41. The Kier molecular flexibility index (Phi) is 5.26. The molecule has 0 atom stereocenters. The Bertz CT molecular complexity index is 821. The number of carbonyl (C=O) groups excluding carboxylic acids is 2. The molecule has 1 saturated heterocycles. The molecule has 3 rings (SSSR count). The van der Waals surface area contributed by atoms with Crippen LogP contribution in [0.2, 0.25) is 0 Å². The maximum Gasteiger partial charge on any atom is 0.347 e. The van der Waals surface area contributed by atoms with Gasteiger partial charge in [-0.3, -0.25) is 9.69 Å². The van der Waals surface area contributed by atoms with Gasteiger partial charge in [0.2, 0.25) is 0 Å². The summed E-state index contributed by atoms with van der Waals surface area (Å²) in [6, 6.07) is 7.01. The van der Waals surface area contributed by atoms with Crippen LogP contribution in [0.3, 0.4) is 0 Å². The van der Waals surface area contributed by atoms with Crippen molar-refractivity contribution in [3.8, 4) is 6.07 Å². The first-order valence-electron chi connectivity index (χ1n) is 7.89. The lowest BCUT2D eigenvalue weighted by molar-refractivity contribution is -0.364. The van der Waals surface area contributed by atoms with Gasteiger partial charge in [-0.25, -0.2) is 9.78 Å². The fourth-order valence-electron chi connectivity index (χ4n) is 2.66. The van der Waals surface area contributed by atoms with Crippen LogP contribution < -0.4 is 15.2 Å². The number of carbonyl (C=O) groups is 2. The van der Waals surface area contributed by atoms with Crippen molar-refractivity contribution in [2.45, 2.75) is 12.8 Å². The van der Waals surface area contributed by atoms with Gasteiger partial charge in [-0.05, 0) is 36.4 Å². The zero-order valence-corrected chi connectivity index (χ0v) is 14.3. The molecule has 2 N–H and O–H groups in total. The number of anilines is 2. The van der Waals surface area contributed by atoms with Crippen molar-refractivity contribution in [3.05, 3.63) is 40.9 Å². The number of hydrogen-bond acceptors (Lipinski definition) is 6. The molecule has 1 aliphatic heterocycles. The van der Waals surface area contributed by atoms with Crippen molar-refractivity contribution >= 4 is 34.0 Å². The topological polar surface area (TPSA) is 96.6 Å². The van der Waals surface area contributed by atoms with Crippen LogP contribution in [0.4, 0.5) is 10.8 Å². The Morgan fingerprint density at radius 3 is 2.92 bits per heavy atom. The number of ether oxygens (including phenoxy) is 1. The first kappa shape index (κ1) is 16.9. The van der Waals surface area contributed by atoms with Crippen LogP contribution in [0.25, 0.3) is 0 Å². The second kappa shape index (κ2) is 7.77. The first-order valence-corrected chi connectivity index (χ1v) is 8.77. The monoisotopic (exact) mass is 357 g/mol. The van der Waals surface area contributed by atoms with Crippen LogP contribution in [0.15, 0.2) is 29.8 Å². The molecule has 0 bridgehead atoms. The summed E-state index contributed by atoms with van der Waals surface area (Å²) < 4.78 is 5.14. The molecule has 2 aromatic heterocycles. The molecular weight excluding hydrogens is 340 g/mol. The van der Waals surface area contributed by atoms with Gasteiger partial charge in [0.1, 0.15) is 16.6 Å². The lowest BCUT2D eigenvalue weighted by atomic mass is 10.2. The van der Waals surface area contributed by atoms with E-state index in [1.54, 1.807) is 29.8 Å². The average molecular weight is 357 g/mol. The average Bonchev–Trinajstić information content (AvgIpc) is 3.31. The van der Waals surface area contributed by atoms with E-state index in [0.29, 0.717) is 16.1 Å². The highest BCUT2D eigenvalue weighted by atomic mass is 32.1. The summed E-state index contributed by atoms with van der Waals surface area (Å²) >= 11 is 1.25. The number of thiophene rings is 1. The summed E-state index contributed by atoms with van der Waals surface area (Å²) in [5.41, 5.74) is 0.796. The highest BCUT2D eigenvalue weighted by molar-refractivity contribution is 7.14. The van der Waals surface area contributed by atoms with Crippen molar-refractivity contribution < 1.29 is 19.3 Å². The van der Waals surface area contributed by atoms with Crippen LogP contribution in [0, 0.1) is 11.3 Å². The lowest BCUT2D eigenvalue weighted by Crippen LogP contribution is -2.29. The minimum Gasteiger partial charge on any atom is -0.452 e. The molecule has 128 valence electrons. The number of pyridine rings is 1. The van der Waals surface area contributed by atoms with Crippen LogP contribution >= 0.6 is 11.3 Å². The van der Waals surface area contributed by atoms with Crippen molar-refractivity contribution in [1.82, 2.24) is 0 Å².